The van der Waals surface area contributed by atoms with E-state index in [9.17, 15) is 24.6 Å². The number of hydrogen-bond acceptors (Lipinski definition) is 15. The van der Waals surface area contributed by atoms with Crippen molar-refractivity contribution in [1.29, 1.82) is 0 Å². The van der Waals surface area contributed by atoms with Crippen molar-refractivity contribution in [3.05, 3.63) is 30.0 Å². The molecule has 5 heterocycles. The number of carbonyl (C=O) groups is 3. The number of amides is 1. The molecule has 4 bridgehead atoms. The minimum Gasteiger partial charge on any atom is -0.459 e. The number of aliphatic hydroxyl groups is 2. The average molecular weight is 814 g/mol. The number of pyridine rings is 1. The summed E-state index contributed by atoms with van der Waals surface area (Å²) in [6, 6.07) is 4.91. The molecule has 16 heteroatoms. The number of cyclic esters (lactones) is 1. The molecule has 16 nitrogen and oxygen atoms in total. The molecule has 3 fully saturated rings. The van der Waals surface area contributed by atoms with Gasteiger partial charge in [-0.1, -0.05) is 45.0 Å². The molecule has 322 valence electrons. The summed E-state index contributed by atoms with van der Waals surface area (Å²) in [5.41, 5.74) is 3.84. The van der Waals surface area contributed by atoms with Gasteiger partial charge in [0.2, 0.25) is 6.10 Å². The number of rotatable bonds is 7. The molecule has 0 aromatic carbocycles. The smallest absolute Gasteiger partial charge is 0.316 e. The molecule has 1 unspecified atom stereocenters. The van der Waals surface area contributed by atoms with E-state index in [1.54, 1.807) is 51.1 Å². The SMILES string of the molecule is CC[C@H]1OC(=O)[C@H](C)C(=O)[C@H](C)[C@@H](O[C@@H]2O[C@H](C)C[C@H](N(C)C)[C@H]2O)[C@@]2(C)C[C@@H](C)C3=NC(=O)C(C/C=C/c4cccc(N)n4)O/N=C(\CO[C@@H]([C@@H]3C)[C@]1(C)O)CO2. The van der Waals surface area contributed by atoms with Gasteiger partial charge < -0.3 is 49.4 Å². The summed E-state index contributed by atoms with van der Waals surface area (Å²) in [5, 5.41) is 28.4. The molecule has 5 rings (SSSR count). The van der Waals surface area contributed by atoms with Crippen LogP contribution in [0.15, 0.2) is 34.4 Å². The number of aliphatic imine (C=N–C) groups is 1. The van der Waals surface area contributed by atoms with Crippen LogP contribution in [-0.2, 0) is 42.9 Å². The molecular formula is C42H63N5O11. The summed E-state index contributed by atoms with van der Waals surface area (Å²) < 4.78 is 32.3. The van der Waals surface area contributed by atoms with Gasteiger partial charge in [0.1, 0.15) is 35.3 Å². The fourth-order valence-electron chi connectivity index (χ4n) is 8.82. The molecule has 1 aromatic rings. The molecule has 0 saturated carbocycles. The maximum atomic E-state index is 14.4. The molecule has 14 atom stereocenters. The summed E-state index contributed by atoms with van der Waals surface area (Å²) in [6.45, 7) is 13.4. The van der Waals surface area contributed by atoms with Gasteiger partial charge in [-0.2, -0.15) is 0 Å². The summed E-state index contributed by atoms with van der Waals surface area (Å²) in [5.74, 6) is -5.14. The van der Waals surface area contributed by atoms with Crippen LogP contribution in [0.5, 0.6) is 0 Å². The summed E-state index contributed by atoms with van der Waals surface area (Å²) in [7, 11) is 3.73. The number of aromatic nitrogens is 1. The second kappa shape index (κ2) is 18.7. The zero-order valence-corrected chi connectivity index (χ0v) is 35.5. The van der Waals surface area contributed by atoms with E-state index in [-0.39, 0.29) is 50.3 Å². The Kier molecular flexibility index (Phi) is 14.7. The van der Waals surface area contributed by atoms with Crippen molar-refractivity contribution >= 4 is 41.0 Å². The van der Waals surface area contributed by atoms with Gasteiger partial charge in [0, 0.05) is 30.0 Å². The van der Waals surface area contributed by atoms with Crippen LogP contribution >= 0.6 is 0 Å². The number of nitrogens with two attached hydrogens (primary N) is 1. The quantitative estimate of drug-likeness (QED) is 0.266. The van der Waals surface area contributed by atoms with E-state index < -0.39 is 89.3 Å². The third kappa shape index (κ3) is 10.0. The fraction of sp³-hybridized carbons (Fsp3) is 0.714. The summed E-state index contributed by atoms with van der Waals surface area (Å²) in [6.07, 6.45) is -2.62. The number of hydrogen-bond donors (Lipinski definition) is 3. The second-order valence-corrected chi connectivity index (χ2v) is 17.1. The second-order valence-electron chi connectivity index (χ2n) is 17.1. The Bertz CT molecular complexity index is 1730. The van der Waals surface area contributed by atoms with Crippen molar-refractivity contribution < 1.29 is 53.1 Å². The number of nitrogen functional groups attached to an aromatic ring is 1. The highest BCUT2D eigenvalue weighted by Gasteiger charge is 2.53. The molecule has 58 heavy (non-hydrogen) atoms. The Morgan fingerprint density at radius 1 is 1.07 bits per heavy atom. The standard InChI is InChI=1S/C42H63N5O11/c1-11-31-42(8,52)37-24(4)33-22(2)19-41(7,36(25(5)34(48)26(6)39(51)56-31)57-40-35(49)29(47(9)10)18-23(3)55-40)54-21-28(20-53-37)46-58-30(38(50)45-33)16-12-14-27-15-13-17-32(43)44-27/h12-15,17,22-26,29-31,35-37,40,49,52H,11,16,18-21H2,1-10H3,(H2,43,44)/b14-12+,45-33?,46-28+/t22-,23-,24-,25+,26-,29+,30?,31-,35-,36-,37+,40+,41-,42-/m1/s1. The molecule has 3 saturated heterocycles. The van der Waals surface area contributed by atoms with E-state index in [0.717, 1.165) is 0 Å². The topological polar surface area (TPSA) is 214 Å². The van der Waals surface area contributed by atoms with Crippen molar-refractivity contribution in [3.8, 4) is 0 Å². The van der Waals surface area contributed by atoms with Crippen molar-refractivity contribution in [3.63, 3.8) is 0 Å². The van der Waals surface area contributed by atoms with Gasteiger partial charge in [0.15, 0.2) is 12.1 Å². The number of aliphatic hydroxyl groups excluding tert-OH is 1. The number of Topliss-reactive ketones (excluding diaryl/α,β-unsaturated/α-hetero) is 1. The largest absolute Gasteiger partial charge is 0.459 e. The highest BCUT2D eigenvalue weighted by molar-refractivity contribution is 6.01. The average Bonchev–Trinajstić information content (AvgIpc) is 3.19. The number of esters is 1. The number of ether oxygens (including phenoxy) is 5. The monoisotopic (exact) mass is 813 g/mol. The number of anilines is 1. The van der Waals surface area contributed by atoms with E-state index in [2.05, 4.69) is 10.1 Å². The number of carbonyl (C=O) groups excluding carboxylic acids is 3. The molecule has 0 radical (unpaired) electrons. The van der Waals surface area contributed by atoms with Crippen molar-refractivity contribution in [2.45, 2.75) is 141 Å². The van der Waals surface area contributed by atoms with Crippen LogP contribution in [0, 0.1) is 23.7 Å². The molecule has 1 aromatic heterocycles. The van der Waals surface area contributed by atoms with Crippen LogP contribution in [-0.4, -0.2) is 137 Å². The number of nitrogens with zero attached hydrogens (tertiary/aromatic N) is 4. The van der Waals surface area contributed by atoms with Crippen LogP contribution in [0.25, 0.3) is 6.08 Å². The predicted molar refractivity (Wildman–Crippen MR) is 216 cm³/mol. The minimum absolute atomic E-state index is 0.0872. The lowest BCUT2D eigenvalue weighted by molar-refractivity contribution is -0.296. The molecule has 0 spiro atoms. The Balaban J connectivity index is 1.67. The maximum Gasteiger partial charge on any atom is 0.316 e. The Morgan fingerprint density at radius 2 is 1.79 bits per heavy atom. The van der Waals surface area contributed by atoms with Crippen molar-refractivity contribution in [1.82, 2.24) is 9.88 Å². The first-order valence-corrected chi connectivity index (χ1v) is 20.4. The van der Waals surface area contributed by atoms with Crippen LogP contribution in [0.3, 0.4) is 0 Å². The fourth-order valence-corrected chi connectivity index (χ4v) is 8.82. The summed E-state index contributed by atoms with van der Waals surface area (Å²) in [4.78, 5) is 59.4. The van der Waals surface area contributed by atoms with E-state index in [0.29, 0.717) is 23.6 Å². The number of oxime groups is 1. The molecule has 4 aliphatic rings. The van der Waals surface area contributed by atoms with Gasteiger partial charge in [0.05, 0.1) is 42.8 Å². The third-order valence-electron chi connectivity index (χ3n) is 12.1. The number of ketones is 1. The van der Waals surface area contributed by atoms with Crippen molar-refractivity contribution in [2.75, 3.05) is 33.0 Å². The van der Waals surface area contributed by atoms with Gasteiger partial charge in [-0.3, -0.25) is 14.4 Å². The van der Waals surface area contributed by atoms with Gasteiger partial charge in [-0.15, -0.1) is 0 Å². The molecule has 4 N–H and O–H groups in total. The Hall–Kier alpha value is -3.64. The molecular weight excluding hydrogens is 750 g/mol. The van der Waals surface area contributed by atoms with Gasteiger partial charge in [-0.25, -0.2) is 9.98 Å². The molecule has 4 aliphatic heterocycles. The number of fused-ring (bicyclic) bond motifs is 4. The van der Waals surface area contributed by atoms with Gasteiger partial charge in [0.25, 0.3) is 5.91 Å². The van der Waals surface area contributed by atoms with Crippen LogP contribution in [0.2, 0.25) is 0 Å². The van der Waals surface area contributed by atoms with E-state index in [1.165, 1.54) is 13.8 Å². The van der Waals surface area contributed by atoms with Crippen molar-refractivity contribution in [2.24, 2.45) is 33.8 Å². The van der Waals surface area contributed by atoms with E-state index in [1.807, 2.05) is 39.8 Å². The van der Waals surface area contributed by atoms with Crippen LogP contribution in [0.4, 0.5) is 5.82 Å². The summed E-state index contributed by atoms with van der Waals surface area (Å²) >= 11 is 0. The first kappa shape index (κ1) is 45.4. The molecule has 1 amide bonds. The predicted octanol–water partition coefficient (Wildman–Crippen LogP) is 3.36. The van der Waals surface area contributed by atoms with Crippen LogP contribution in [0.1, 0.15) is 86.8 Å². The van der Waals surface area contributed by atoms with Crippen LogP contribution < -0.4 is 5.73 Å². The first-order valence-electron chi connectivity index (χ1n) is 20.4. The highest BCUT2D eigenvalue weighted by atomic mass is 16.7. The Morgan fingerprint density at radius 3 is 2.47 bits per heavy atom. The lowest BCUT2D eigenvalue weighted by atomic mass is 9.73. The van der Waals surface area contributed by atoms with Gasteiger partial charge >= 0.3 is 5.97 Å². The van der Waals surface area contributed by atoms with E-state index >= 15 is 0 Å². The zero-order chi connectivity index (χ0) is 42.7. The maximum absolute atomic E-state index is 14.4. The molecule has 0 aliphatic carbocycles. The van der Waals surface area contributed by atoms with E-state index in [4.69, 9.17) is 39.2 Å². The zero-order valence-electron chi connectivity index (χ0n) is 35.5. The lowest BCUT2D eigenvalue weighted by Crippen LogP contribution is -2.60. The minimum atomic E-state index is -1.84. The third-order valence-corrected chi connectivity index (χ3v) is 12.1. The normalized spacial score (nSPS) is 40.5. The lowest BCUT2D eigenvalue weighted by Gasteiger charge is -2.47. The highest BCUT2D eigenvalue weighted by Crippen LogP contribution is 2.40. The first-order chi connectivity index (χ1) is 27.3. The number of likely N-dealkylation sites (N-methyl/N-ethyl adjacent to an activating group) is 1. The Labute approximate surface area is 341 Å². The van der Waals surface area contributed by atoms with Gasteiger partial charge in [-0.05, 0) is 85.2 Å².